The first kappa shape index (κ1) is 14.8. The van der Waals surface area contributed by atoms with Crippen molar-refractivity contribution < 1.29 is 9.90 Å². The maximum atomic E-state index is 12.6. The highest BCUT2D eigenvalue weighted by Gasteiger charge is 2.22. The zero-order valence-corrected chi connectivity index (χ0v) is 12.0. The Kier molecular flexibility index (Phi) is 4.98. The summed E-state index contributed by atoms with van der Waals surface area (Å²) in [6.07, 6.45) is 0.928. The van der Waals surface area contributed by atoms with Crippen molar-refractivity contribution in [2.45, 2.75) is 13.3 Å². The molecular formula is C15H23N3O2. The maximum Gasteiger partial charge on any atom is 0.256 e. The lowest BCUT2D eigenvalue weighted by atomic mass is 10.1. The van der Waals surface area contributed by atoms with Gasteiger partial charge in [0, 0.05) is 31.9 Å². The predicted octanol–water partition coefficient (Wildman–Crippen LogP) is 0.717. The summed E-state index contributed by atoms with van der Waals surface area (Å²) < 4.78 is 0. The minimum Gasteiger partial charge on any atom is -0.398 e. The summed E-state index contributed by atoms with van der Waals surface area (Å²) in [7, 11) is 0. The first-order valence-electron chi connectivity index (χ1n) is 7.11. The van der Waals surface area contributed by atoms with Crippen LogP contribution in [0, 0.1) is 6.92 Å². The summed E-state index contributed by atoms with van der Waals surface area (Å²) in [5.74, 6) is 0.0199. The molecule has 1 aromatic rings. The van der Waals surface area contributed by atoms with E-state index < -0.39 is 0 Å². The number of aryl methyl sites for hydroxylation is 1. The van der Waals surface area contributed by atoms with Crippen molar-refractivity contribution in [2.24, 2.45) is 0 Å². The van der Waals surface area contributed by atoms with Gasteiger partial charge in [-0.05, 0) is 31.5 Å². The minimum absolute atomic E-state index is 0.0199. The molecule has 0 saturated carbocycles. The van der Waals surface area contributed by atoms with Gasteiger partial charge in [-0.25, -0.2) is 0 Å². The molecule has 1 saturated heterocycles. The van der Waals surface area contributed by atoms with Gasteiger partial charge in [-0.3, -0.25) is 9.69 Å². The van der Waals surface area contributed by atoms with Crippen LogP contribution in [0.1, 0.15) is 22.3 Å². The molecule has 0 unspecified atom stereocenters. The zero-order valence-electron chi connectivity index (χ0n) is 12.0. The molecule has 0 radical (unpaired) electrons. The van der Waals surface area contributed by atoms with Gasteiger partial charge in [0.15, 0.2) is 0 Å². The third kappa shape index (κ3) is 3.29. The molecule has 2 rings (SSSR count). The Bertz CT molecular complexity index is 456. The van der Waals surface area contributed by atoms with E-state index in [1.165, 1.54) is 0 Å². The van der Waals surface area contributed by atoms with E-state index in [0.29, 0.717) is 24.3 Å². The molecule has 0 spiro atoms. The molecule has 5 heteroatoms. The zero-order chi connectivity index (χ0) is 14.5. The molecule has 5 nitrogen and oxygen atoms in total. The number of hydrogen-bond donors (Lipinski definition) is 2. The maximum absolute atomic E-state index is 12.6. The van der Waals surface area contributed by atoms with Gasteiger partial charge in [0.05, 0.1) is 12.2 Å². The van der Waals surface area contributed by atoms with Crippen LogP contribution in [0.5, 0.6) is 0 Å². The third-order valence-corrected chi connectivity index (χ3v) is 3.81. The number of aliphatic hydroxyl groups excluding tert-OH is 1. The van der Waals surface area contributed by atoms with E-state index in [1.54, 1.807) is 6.07 Å². The van der Waals surface area contributed by atoms with Gasteiger partial charge in [-0.1, -0.05) is 12.1 Å². The molecule has 1 aliphatic rings. The molecule has 20 heavy (non-hydrogen) atoms. The summed E-state index contributed by atoms with van der Waals surface area (Å²) in [6.45, 7) is 5.92. The fraction of sp³-hybridized carbons (Fsp3) is 0.533. The Hall–Kier alpha value is -1.59. The van der Waals surface area contributed by atoms with E-state index >= 15 is 0 Å². The number of carbonyl (C=O) groups is 1. The van der Waals surface area contributed by atoms with Gasteiger partial charge < -0.3 is 15.7 Å². The Morgan fingerprint density at radius 2 is 2.10 bits per heavy atom. The Labute approximate surface area is 120 Å². The van der Waals surface area contributed by atoms with Crippen molar-refractivity contribution in [2.75, 3.05) is 45.1 Å². The van der Waals surface area contributed by atoms with Crippen LogP contribution < -0.4 is 5.73 Å². The monoisotopic (exact) mass is 277 g/mol. The lowest BCUT2D eigenvalue weighted by Crippen LogP contribution is -2.36. The van der Waals surface area contributed by atoms with E-state index in [-0.39, 0.29) is 12.5 Å². The quantitative estimate of drug-likeness (QED) is 0.799. The molecule has 0 aliphatic carbocycles. The van der Waals surface area contributed by atoms with Gasteiger partial charge in [0.2, 0.25) is 0 Å². The molecule has 110 valence electrons. The fourth-order valence-electron chi connectivity index (χ4n) is 2.68. The van der Waals surface area contributed by atoms with E-state index in [1.807, 2.05) is 24.0 Å². The van der Waals surface area contributed by atoms with Gasteiger partial charge in [0.25, 0.3) is 5.91 Å². The van der Waals surface area contributed by atoms with Crippen LogP contribution in [-0.4, -0.2) is 60.1 Å². The summed E-state index contributed by atoms with van der Waals surface area (Å²) >= 11 is 0. The molecule has 1 amide bonds. The summed E-state index contributed by atoms with van der Waals surface area (Å²) in [4.78, 5) is 16.7. The number of amides is 1. The average Bonchev–Trinajstić information content (AvgIpc) is 2.64. The molecule has 0 bridgehead atoms. The topological polar surface area (TPSA) is 69.8 Å². The van der Waals surface area contributed by atoms with E-state index in [9.17, 15) is 4.79 Å². The number of nitrogens with zero attached hydrogens (tertiary/aromatic N) is 2. The van der Waals surface area contributed by atoms with Crippen LogP contribution >= 0.6 is 0 Å². The summed E-state index contributed by atoms with van der Waals surface area (Å²) in [5.41, 5.74) is 8.05. The van der Waals surface area contributed by atoms with E-state index in [0.717, 1.165) is 31.6 Å². The van der Waals surface area contributed by atoms with Gasteiger partial charge in [-0.15, -0.1) is 0 Å². The number of anilines is 1. The summed E-state index contributed by atoms with van der Waals surface area (Å²) in [6, 6.07) is 5.56. The van der Waals surface area contributed by atoms with Crippen molar-refractivity contribution >= 4 is 11.6 Å². The number of rotatable bonds is 3. The number of nitrogen functional groups attached to an aromatic ring is 1. The lowest BCUT2D eigenvalue weighted by Gasteiger charge is -2.23. The molecule has 0 aromatic heterocycles. The van der Waals surface area contributed by atoms with Crippen LogP contribution in [0.25, 0.3) is 0 Å². The number of benzene rings is 1. The van der Waals surface area contributed by atoms with Gasteiger partial charge >= 0.3 is 0 Å². The second kappa shape index (κ2) is 6.72. The Balaban J connectivity index is 2.10. The number of aliphatic hydroxyl groups is 1. The highest BCUT2D eigenvalue weighted by molar-refractivity contribution is 6.00. The first-order valence-corrected chi connectivity index (χ1v) is 7.11. The Morgan fingerprint density at radius 3 is 2.80 bits per heavy atom. The van der Waals surface area contributed by atoms with E-state index in [4.69, 9.17) is 10.8 Å². The van der Waals surface area contributed by atoms with Crippen LogP contribution in [-0.2, 0) is 0 Å². The van der Waals surface area contributed by atoms with E-state index in [2.05, 4.69) is 4.90 Å². The molecule has 0 atom stereocenters. The van der Waals surface area contributed by atoms with Gasteiger partial charge in [0.1, 0.15) is 0 Å². The number of β-amino-alcohol motifs (C(OH)–C–C–N with tert-alkyl or cyclic N) is 1. The van der Waals surface area contributed by atoms with Crippen LogP contribution in [0.15, 0.2) is 18.2 Å². The normalized spacial score (nSPS) is 17.0. The van der Waals surface area contributed by atoms with Gasteiger partial charge in [-0.2, -0.15) is 0 Å². The average molecular weight is 277 g/mol. The van der Waals surface area contributed by atoms with Crippen molar-refractivity contribution in [1.82, 2.24) is 9.80 Å². The standard InChI is InChI=1S/C15H23N3O2/c1-12-4-2-5-13(16)14(12)15(20)18-7-3-6-17(8-9-18)10-11-19/h2,4-5,19H,3,6-11,16H2,1H3. The number of hydrogen-bond acceptors (Lipinski definition) is 4. The molecule has 3 N–H and O–H groups in total. The van der Waals surface area contributed by atoms with Crippen molar-refractivity contribution in [3.05, 3.63) is 29.3 Å². The second-order valence-corrected chi connectivity index (χ2v) is 5.25. The highest BCUT2D eigenvalue weighted by atomic mass is 16.3. The van der Waals surface area contributed by atoms with Crippen molar-refractivity contribution in [1.29, 1.82) is 0 Å². The predicted molar refractivity (Wildman–Crippen MR) is 79.6 cm³/mol. The lowest BCUT2D eigenvalue weighted by molar-refractivity contribution is 0.0761. The van der Waals surface area contributed by atoms with Crippen LogP contribution in [0.2, 0.25) is 0 Å². The SMILES string of the molecule is Cc1cccc(N)c1C(=O)N1CCCN(CCO)CC1. The first-order chi connectivity index (χ1) is 9.63. The van der Waals surface area contributed by atoms with Crippen LogP contribution in [0.4, 0.5) is 5.69 Å². The second-order valence-electron chi connectivity index (χ2n) is 5.25. The molecular weight excluding hydrogens is 254 g/mol. The Morgan fingerprint density at radius 1 is 1.30 bits per heavy atom. The minimum atomic E-state index is 0.0199. The van der Waals surface area contributed by atoms with Crippen molar-refractivity contribution in [3.8, 4) is 0 Å². The number of carbonyl (C=O) groups excluding carboxylic acids is 1. The molecule has 1 heterocycles. The highest BCUT2D eigenvalue weighted by Crippen LogP contribution is 2.19. The molecule has 1 fully saturated rings. The molecule has 1 aliphatic heterocycles. The third-order valence-electron chi connectivity index (χ3n) is 3.81. The largest absolute Gasteiger partial charge is 0.398 e. The number of nitrogens with two attached hydrogens (primary N) is 1. The van der Waals surface area contributed by atoms with Crippen molar-refractivity contribution in [3.63, 3.8) is 0 Å². The molecule has 1 aromatic carbocycles. The van der Waals surface area contributed by atoms with Crippen LogP contribution in [0.3, 0.4) is 0 Å². The summed E-state index contributed by atoms with van der Waals surface area (Å²) in [5, 5.41) is 9.00. The smallest absolute Gasteiger partial charge is 0.256 e. The fourth-order valence-corrected chi connectivity index (χ4v) is 2.68.